The van der Waals surface area contributed by atoms with E-state index in [1.165, 1.54) is 19.5 Å². The van der Waals surface area contributed by atoms with Gasteiger partial charge in [0.05, 0.1) is 0 Å². The van der Waals surface area contributed by atoms with Crippen LogP contribution < -0.4 is 10.6 Å². The highest BCUT2D eigenvalue weighted by Gasteiger charge is 2.18. The third-order valence-corrected chi connectivity index (χ3v) is 2.98. The Morgan fingerprint density at radius 3 is 2.94 bits per heavy atom. The summed E-state index contributed by atoms with van der Waals surface area (Å²) in [6, 6.07) is 1.93. The maximum absolute atomic E-state index is 4.19. The van der Waals surface area contributed by atoms with E-state index in [9.17, 15) is 0 Å². The Kier molecular flexibility index (Phi) is 3.56. The molecule has 2 rings (SSSR count). The number of aromatic nitrogens is 2. The number of rotatable bonds is 4. The fraction of sp³-hybridized carbons (Fsp3) is 0.636. The summed E-state index contributed by atoms with van der Waals surface area (Å²) in [5.74, 6) is 2.48. The molecule has 88 valence electrons. The van der Waals surface area contributed by atoms with Gasteiger partial charge in [-0.1, -0.05) is 0 Å². The highest BCUT2D eigenvalue weighted by Crippen LogP contribution is 2.15. The topological polar surface area (TPSA) is 53.1 Å². The molecular formula is C11H19N5. The van der Waals surface area contributed by atoms with Gasteiger partial charge in [0.25, 0.3) is 0 Å². The van der Waals surface area contributed by atoms with E-state index in [0.717, 1.165) is 24.1 Å². The highest BCUT2D eigenvalue weighted by atomic mass is 15.1. The quantitative estimate of drug-likeness (QED) is 0.790. The first kappa shape index (κ1) is 11.1. The number of likely N-dealkylation sites (tertiary alicyclic amines) is 1. The van der Waals surface area contributed by atoms with E-state index in [-0.39, 0.29) is 0 Å². The first-order chi connectivity index (χ1) is 7.78. The number of nitrogens with one attached hydrogen (secondary N) is 2. The summed E-state index contributed by atoms with van der Waals surface area (Å²) in [4.78, 5) is 10.6. The van der Waals surface area contributed by atoms with E-state index in [0.29, 0.717) is 0 Å². The smallest absolute Gasteiger partial charge is 0.131 e. The first-order valence-electron chi connectivity index (χ1n) is 5.70. The van der Waals surface area contributed by atoms with Gasteiger partial charge in [0.15, 0.2) is 0 Å². The van der Waals surface area contributed by atoms with Gasteiger partial charge in [0.2, 0.25) is 0 Å². The van der Waals surface area contributed by atoms with Crippen LogP contribution in [0.4, 0.5) is 11.6 Å². The van der Waals surface area contributed by atoms with Gasteiger partial charge in [0, 0.05) is 26.2 Å². The Bertz CT molecular complexity index is 341. The molecule has 1 atom stereocenters. The van der Waals surface area contributed by atoms with Gasteiger partial charge in [-0.2, -0.15) is 0 Å². The molecule has 5 nitrogen and oxygen atoms in total. The Hall–Kier alpha value is -1.36. The predicted octanol–water partition coefficient (Wildman–Crippen LogP) is 0.882. The van der Waals surface area contributed by atoms with E-state index in [2.05, 4.69) is 32.5 Å². The second-order valence-corrected chi connectivity index (χ2v) is 4.34. The minimum absolute atomic E-state index is 0.734. The van der Waals surface area contributed by atoms with Crippen LogP contribution in [0.2, 0.25) is 0 Å². The van der Waals surface area contributed by atoms with E-state index < -0.39 is 0 Å². The maximum atomic E-state index is 4.19. The zero-order valence-corrected chi connectivity index (χ0v) is 9.90. The predicted molar refractivity (Wildman–Crippen MR) is 65.7 cm³/mol. The molecule has 0 bridgehead atoms. The van der Waals surface area contributed by atoms with Crippen LogP contribution in [-0.2, 0) is 0 Å². The second kappa shape index (κ2) is 5.12. The van der Waals surface area contributed by atoms with Crippen LogP contribution in [0, 0.1) is 5.92 Å². The van der Waals surface area contributed by atoms with E-state index in [4.69, 9.17) is 0 Å². The zero-order chi connectivity index (χ0) is 11.4. The van der Waals surface area contributed by atoms with Gasteiger partial charge in [0.1, 0.15) is 18.0 Å². The van der Waals surface area contributed by atoms with E-state index in [1.54, 1.807) is 6.33 Å². The molecule has 1 aliphatic rings. The Balaban J connectivity index is 1.84. The van der Waals surface area contributed by atoms with E-state index >= 15 is 0 Å². The zero-order valence-electron chi connectivity index (χ0n) is 9.90. The minimum atomic E-state index is 0.734. The molecule has 0 aromatic carbocycles. The third-order valence-electron chi connectivity index (χ3n) is 2.98. The summed E-state index contributed by atoms with van der Waals surface area (Å²) in [5.41, 5.74) is 0. The van der Waals surface area contributed by atoms with Crippen molar-refractivity contribution in [2.24, 2.45) is 5.92 Å². The van der Waals surface area contributed by atoms with Crippen molar-refractivity contribution in [3.63, 3.8) is 0 Å². The van der Waals surface area contributed by atoms with Gasteiger partial charge in [-0.15, -0.1) is 0 Å². The highest BCUT2D eigenvalue weighted by molar-refractivity contribution is 5.45. The maximum Gasteiger partial charge on any atom is 0.131 e. The number of hydrogen-bond acceptors (Lipinski definition) is 5. The molecule has 5 heteroatoms. The normalized spacial score (nSPS) is 21.0. The van der Waals surface area contributed by atoms with Crippen molar-refractivity contribution < 1.29 is 0 Å². The lowest BCUT2D eigenvalue weighted by Crippen LogP contribution is -2.19. The number of hydrogen-bond donors (Lipinski definition) is 2. The van der Waals surface area contributed by atoms with Crippen molar-refractivity contribution in [1.82, 2.24) is 14.9 Å². The van der Waals surface area contributed by atoms with Crippen LogP contribution in [0.1, 0.15) is 6.42 Å². The number of anilines is 2. The molecule has 0 aliphatic carbocycles. The van der Waals surface area contributed by atoms with Gasteiger partial charge in [-0.3, -0.25) is 0 Å². The van der Waals surface area contributed by atoms with Crippen LogP contribution in [-0.4, -0.2) is 48.6 Å². The molecular weight excluding hydrogens is 202 g/mol. The van der Waals surface area contributed by atoms with Crippen molar-refractivity contribution in [1.29, 1.82) is 0 Å². The molecule has 1 aromatic heterocycles. The van der Waals surface area contributed by atoms with Crippen molar-refractivity contribution in [2.45, 2.75) is 6.42 Å². The van der Waals surface area contributed by atoms with E-state index in [1.807, 2.05) is 13.1 Å². The van der Waals surface area contributed by atoms with Crippen molar-refractivity contribution in [3.8, 4) is 0 Å². The fourth-order valence-corrected chi connectivity index (χ4v) is 2.03. The first-order valence-corrected chi connectivity index (χ1v) is 5.70. The lowest BCUT2D eigenvalue weighted by Gasteiger charge is -2.12. The molecule has 2 N–H and O–H groups in total. The SMILES string of the molecule is CNc1cc(NCC2CCN(C)C2)ncn1. The lowest BCUT2D eigenvalue weighted by molar-refractivity contribution is 0.399. The summed E-state index contributed by atoms with van der Waals surface area (Å²) in [7, 11) is 4.03. The minimum Gasteiger partial charge on any atom is -0.373 e. The van der Waals surface area contributed by atoms with Crippen molar-refractivity contribution >= 4 is 11.6 Å². The summed E-state index contributed by atoms with van der Waals surface area (Å²) in [5, 5.41) is 6.37. The summed E-state index contributed by atoms with van der Waals surface area (Å²) < 4.78 is 0. The van der Waals surface area contributed by atoms with Crippen LogP contribution in [0.5, 0.6) is 0 Å². The second-order valence-electron chi connectivity index (χ2n) is 4.34. The molecule has 0 radical (unpaired) electrons. The lowest BCUT2D eigenvalue weighted by atomic mass is 10.1. The Morgan fingerprint density at radius 1 is 1.44 bits per heavy atom. The molecule has 1 aliphatic heterocycles. The Labute approximate surface area is 96.3 Å². The summed E-state index contributed by atoms with van der Waals surface area (Å²) in [6.45, 7) is 3.37. The van der Waals surface area contributed by atoms with Crippen molar-refractivity contribution in [3.05, 3.63) is 12.4 Å². The largest absolute Gasteiger partial charge is 0.373 e. The van der Waals surface area contributed by atoms with Crippen LogP contribution >= 0.6 is 0 Å². The standard InChI is InChI=1S/C11H19N5/c1-12-10-5-11(15-8-14-10)13-6-9-3-4-16(2)7-9/h5,8-9H,3-4,6-7H2,1-2H3,(H2,12,13,14,15). The van der Waals surface area contributed by atoms with Crippen LogP contribution in [0.15, 0.2) is 12.4 Å². The van der Waals surface area contributed by atoms with Gasteiger partial charge in [-0.05, 0) is 25.9 Å². The molecule has 2 heterocycles. The molecule has 0 amide bonds. The Morgan fingerprint density at radius 2 is 2.25 bits per heavy atom. The molecule has 1 aromatic rings. The van der Waals surface area contributed by atoms with Crippen LogP contribution in [0.3, 0.4) is 0 Å². The summed E-state index contributed by atoms with van der Waals surface area (Å²) in [6.07, 6.45) is 2.85. The average Bonchev–Trinajstić information content (AvgIpc) is 2.73. The van der Waals surface area contributed by atoms with Crippen LogP contribution in [0.25, 0.3) is 0 Å². The molecule has 0 spiro atoms. The molecule has 1 saturated heterocycles. The average molecular weight is 221 g/mol. The fourth-order valence-electron chi connectivity index (χ4n) is 2.03. The van der Waals surface area contributed by atoms with Gasteiger partial charge < -0.3 is 15.5 Å². The molecule has 1 unspecified atom stereocenters. The van der Waals surface area contributed by atoms with Gasteiger partial charge >= 0.3 is 0 Å². The molecule has 1 fully saturated rings. The van der Waals surface area contributed by atoms with Gasteiger partial charge in [-0.25, -0.2) is 9.97 Å². The summed E-state index contributed by atoms with van der Waals surface area (Å²) >= 11 is 0. The van der Waals surface area contributed by atoms with Crippen molar-refractivity contribution in [2.75, 3.05) is 44.4 Å². The molecule has 16 heavy (non-hydrogen) atoms. The third kappa shape index (κ3) is 2.82. The number of nitrogens with zero attached hydrogens (tertiary/aromatic N) is 3. The molecule has 0 saturated carbocycles. The monoisotopic (exact) mass is 221 g/mol.